The molecule has 0 aromatic carbocycles. The topological polar surface area (TPSA) is 92.7 Å². The van der Waals surface area contributed by atoms with Gasteiger partial charge in [-0.15, -0.1) is 11.8 Å². The summed E-state index contributed by atoms with van der Waals surface area (Å²) >= 11 is 1.35. The molecule has 0 aromatic heterocycles. The minimum atomic E-state index is -1.07. The first-order valence-electron chi connectivity index (χ1n) is 6.20. The first-order valence-corrected chi connectivity index (χ1v) is 7.25. The summed E-state index contributed by atoms with van der Waals surface area (Å²) in [6.07, 6.45) is 0.900. The zero-order valence-electron chi connectivity index (χ0n) is 11.5. The quantitative estimate of drug-likeness (QED) is 0.617. The molecule has 0 aliphatic carbocycles. The van der Waals surface area contributed by atoms with E-state index >= 15 is 0 Å². The predicted octanol–water partition coefficient (Wildman–Crippen LogP) is 1.04. The summed E-state index contributed by atoms with van der Waals surface area (Å²) in [7, 11) is 0. The van der Waals surface area contributed by atoms with Crippen LogP contribution in [0.1, 0.15) is 33.6 Å². The number of esters is 1. The van der Waals surface area contributed by atoms with Gasteiger partial charge in [-0.25, -0.2) is 4.79 Å². The molecule has 0 aromatic rings. The van der Waals surface area contributed by atoms with Crippen molar-refractivity contribution < 1.29 is 24.2 Å². The fourth-order valence-corrected chi connectivity index (χ4v) is 2.51. The van der Waals surface area contributed by atoms with Crippen LogP contribution in [0.5, 0.6) is 0 Å². The van der Waals surface area contributed by atoms with Gasteiger partial charge in [0.15, 0.2) is 0 Å². The zero-order valence-corrected chi connectivity index (χ0v) is 12.3. The molecule has 7 heteroatoms. The first kappa shape index (κ1) is 17.8. The van der Waals surface area contributed by atoms with Crippen LogP contribution in [0, 0.1) is 0 Å². The van der Waals surface area contributed by atoms with E-state index in [9.17, 15) is 14.4 Å². The van der Waals surface area contributed by atoms with Gasteiger partial charge in [-0.3, -0.25) is 9.59 Å². The van der Waals surface area contributed by atoms with E-state index in [0.29, 0.717) is 18.8 Å². The molecule has 0 bridgehead atoms. The highest BCUT2D eigenvalue weighted by Crippen LogP contribution is 2.18. The van der Waals surface area contributed by atoms with Crippen molar-refractivity contribution in [1.29, 1.82) is 0 Å². The average Bonchev–Trinajstić information content (AvgIpc) is 2.32. The highest BCUT2D eigenvalue weighted by atomic mass is 32.2. The molecule has 0 heterocycles. The Morgan fingerprint density at radius 2 is 1.95 bits per heavy atom. The highest BCUT2D eigenvalue weighted by molar-refractivity contribution is 8.00. The molecule has 19 heavy (non-hydrogen) atoms. The molecular weight excluding hydrogens is 270 g/mol. The van der Waals surface area contributed by atoms with Gasteiger partial charge in [0, 0.05) is 6.92 Å². The van der Waals surface area contributed by atoms with Crippen molar-refractivity contribution in [3.05, 3.63) is 0 Å². The number of nitrogens with one attached hydrogen (secondary N) is 1. The molecule has 0 rings (SSSR count). The molecule has 0 aliphatic heterocycles. The normalized spacial score (nSPS) is 13.4. The van der Waals surface area contributed by atoms with Crippen LogP contribution in [0.4, 0.5) is 0 Å². The maximum Gasteiger partial charge on any atom is 0.326 e. The molecule has 2 unspecified atom stereocenters. The van der Waals surface area contributed by atoms with E-state index in [-0.39, 0.29) is 23.5 Å². The summed E-state index contributed by atoms with van der Waals surface area (Å²) < 4.78 is 4.92. The Kier molecular flexibility index (Phi) is 9.03. The number of carboxylic acids is 1. The number of rotatable bonds is 9. The first-order chi connectivity index (χ1) is 8.92. The van der Waals surface area contributed by atoms with Crippen LogP contribution in [-0.2, 0) is 19.1 Å². The third-order valence-corrected chi connectivity index (χ3v) is 3.72. The van der Waals surface area contributed by atoms with Crippen LogP contribution in [0.2, 0.25) is 0 Å². The zero-order chi connectivity index (χ0) is 14.8. The van der Waals surface area contributed by atoms with Gasteiger partial charge in [-0.05, 0) is 25.5 Å². The smallest absolute Gasteiger partial charge is 0.326 e. The van der Waals surface area contributed by atoms with Crippen molar-refractivity contribution in [2.45, 2.75) is 44.9 Å². The van der Waals surface area contributed by atoms with Crippen LogP contribution < -0.4 is 5.32 Å². The fraction of sp³-hybridized carbons (Fsp3) is 0.750. The molecule has 6 nitrogen and oxygen atoms in total. The number of carbonyl (C=O) groups excluding carboxylic acids is 2. The van der Waals surface area contributed by atoms with Crippen LogP contribution in [0.25, 0.3) is 0 Å². The molecule has 0 saturated heterocycles. The number of hydrogen-bond donors (Lipinski definition) is 2. The van der Waals surface area contributed by atoms with E-state index in [4.69, 9.17) is 9.84 Å². The molecule has 0 spiro atoms. The van der Waals surface area contributed by atoms with Crippen LogP contribution in [0.15, 0.2) is 0 Å². The summed E-state index contributed by atoms with van der Waals surface area (Å²) in [5, 5.41) is 11.0. The lowest BCUT2D eigenvalue weighted by atomic mass is 10.2. The Morgan fingerprint density at radius 1 is 1.32 bits per heavy atom. The van der Waals surface area contributed by atoms with Gasteiger partial charge in [0.25, 0.3) is 0 Å². The van der Waals surface area contributed by atoms with E-state index in [2.05, 4.69) is 5.32 Å². The van der Waals surface area contributed by atoms with E-state index in [1.165, 1.54) is 18.7 Å². The molecule has 110 valence electrons. The average molecular weight is 291 g/mol. The largest absolute Gasteiger partial charge is 0.480 e. The van der Waals surface area contributed by atoms with Crippen molar-refractivity contribution in [1.82, 2.24) is 5.32 Å². The molecule has 1 amide bonds. The minimum absolute atomic E-state index is 0.273. The number of carbonyl (C=O) groups is 3. The number of aliphatic carboxylic acids is 1. The van der Waals surface area contributed by atoms with Crippen molar-refractivity contribution >= 4 is 29.6 Å². The molecule has 0 saturated carbocycles. The Balaban J connectivity index is 4.18. The monoisotopic (exact) mass is 291 g/mol. The third-order valence-electron chi connectivity index (χ3n) is 2.32. The summed E-state index contributed by atoms with van der Waals surface area (Å²) in [6, 6.07) is -0.912. The molecule has 2 N–H and O–H groups in total. The Morgan fingerprint density at radius 3 is 2.37 bits per heavy atom. The van der Waals surface area contributed by atoms with Gasteiger partial charge in [0.2, 0.25) is 5.91 Å². The Hall–Kier alpha value is -1.24. The van der Waals surface area contributed by atoms with E-state index in [0.717, 1.165) is 0 Å². The SMILES string of the molecule is CCOC(=O)C(CC)SCCC(NC(C)=O)C(=O)O. The van der Waals surface area contributed by atoms with Crippen molar-refractivity contribution in [3.63, 3.8) is 0 Å². The lowest BCUT2D eigenvalue weighted by Crippen LogP contribution is -2.40. The number of ether oxygens (including phenoxy) is 1. The van der Waals surface area contributed by atoms with E-state index < -0.39 is 12.0 Å². The Bertz CT molecular complexity index is 321. The summed E-state index contributed by atoms with van der Waals surface area (Å²) in [4.78, 5) is 33.3. The summed E-state index contributed by atoms with van der Waals surface area (Å²) in [6.45, 7) is 5.22. The number of carboxylic acid groups (broad SMARTS) is 1. The van der Waals surface area contributed by atoms with Crippen molar-refractivity contribution in [3.8, 4) is 0 Å². The third kappa shape index (κ3) is 7.71. The van der Waals surface area contributed by atoms with Gasteiger partial charge in [0.1, 0.15) is 11.3 Å². The summed E-state index contributed by atoms with van der Waals surface area (Å²) in [5.74, 6) is -1.26. The second kappa shape index (κ2) is 9.66. The van der Waals surface area contributed by atoms with Crippen LogP contribution in [-0.4, -0.2) is 46.6 Å². The molecule has 2 atom stereocenters. The summed E-state index contributed by atoms with van der Waals surface area (Å²) in [5.41, 5.74) is 0. The minimum Gasteiger partial charge on any atom is -0.480 e. The molecular formula is C12H21NO5S. The number of hydrogen-bond acceptors (Lipinski definition) is 5. The second-order valence-electron chi connectivity index (χ2n) is 3.90. The van der Waals surface area contributed by atoms with Crippen molar-refractivity contribution in [2.75, 3.05) is 12.4 Å². The van der Waals surface area contributed by atoms with Gasteiger partial charge in [-0.2, -0.15) is 0 Å². The fourth-order valence-electron chi connectivity index (χ4n) is 1.42. The Labute approximate surface area is 117 Å². The van der Waals surface area contributed by atoms with Crippen LogP contribution in [0.3, 0.4) is 0 Å². The van der Waals surface area contributed by atoms with E-state index in [1.807, 2.05) is 6.92 Å². The van der Waals surface area contributed by atoms with Gasteiger partial charge in [-0.1, -0.05) is 6.92 Å². The van der Waals surface area contributed by atoms with Gasteiger partial charge < -0.3 is 15.2 Å². The lowest BCUT2D eigenvalue weighted by molar-refractivity contribution is -0.142. The number of amides is 1. The predicted molar refractivity (Wildman–Crippen MR) is 73.0 cm³/mol. The standard InChI is InChI=1S/C12H21NO5S/c1-4-10(12(17)18-5-2)19-7-6-9(11(15)16)13-8(3)14/h9-10H,4-7H2,1-3H3,(H,13,14)(H,15,16). The van der Waals surface area contributed by atoms with Gasteiger partial charge >= 0.3 is 11.9 Å². The lowest BCUT2D eigenvalue weighted by Gasteiger charge is -2.16. The maximum atomic E-state index is 11.5. The molecule has 0 radical (unpaired) electrons. The van der Waals surface area contributed by atoms with Gasteiger partial charge in [0.05, 0.1) is 6.61 Å². The van der Waals surface area contributed by atoms with Crippen molar-refractivity contribution in [2.24, 2.45) is 0 Å². The maximum absolute atomic E-state index is 11.5. The molecule has 0 aliphatic rings. The highest BCUT2D eigenvalue weighted by Gasteiger charge is 2.21. The van der Waals surface area contributed by atoms with Crippen LogP contribution >= 0.6 is 11.8 Å². The number of thioether (sulfide) groups is 1. The van der Waals surface area contributed by atoms with E-state index in [1.54, 1.807) is 6.92 Å². The second-order valence-corrected chi connectivity index (χ2v) is 5.21. The molecule has 0 fully saturated rings.